The molecule has 7 aliphatic rings. The number of nitrogens with zero attached hydrogens (tertiary/aromatic N) is 6. The number of hydrogen-bond acceptors (Lipinski definition) is 14. The Kier molecular flexibility index (Phi) is 9.89. The minimum absolute atomic E-state index is 0.0403. The van der Waals surface area contributed by atoms with Crippen molar-refractivity contribution in [1.29, 1.82) is 21.0 Å². The van der Waals surface area contributed by atoms with Gasteiger partial charge in [0.1, 0.15) is 95.6 Å². The first kappa shape index (κ1) is 38.8. The van der Waals surface area contributed by atoms with Crippen LogP contribution in [0, 0.1) is 57.2 Å². The molecule has 0 amide bonds. The molecule has 2 spiro atoms. The van der Waals surface area contributed by atoms with Crippen LogP contribution in [0.5, 0.6) is 11.5 Å². The zero-order valence-electron chi connectivity index (χ0n) is 32.9. The summed E-state index contributed by atoms with van der Waals surface area (Å²) in [4.78, 5) is 15.3. The number of methoxy groups -OCH3 is 2. The smallest absolute Gasteiger partial charge is 0.152 e. The highest BCUT2D eigenvalue weighted by Gasteiger charge is 2.56. The van der Waals surface area contributed by atoms with E-state index in [1.54, 1.807) is 49.5 Å². The van der Waals surface area contributed by atoms with Gasteiger partial charge in [-0.25, -0.2) is 4.98 Å². The molecule has 0 bridgehead atoms. The van der Waals surface area contributed by atoms with E-state index in [-0.39, 0.29) is 34.3 Å². The fraction of sp³-hybridized carbons (Fsp3) is 0.391. The summed E-state index contributed by atoms with van der Waals surface area (Å²) in [5.74, 6) is 3.34. The molecule has 3 fully saturated rings. The van der Waals surface area contributed by atoms with Crippen molar-refractivity contribution < 1.29 is 18.9 Å². The van der Waals surface area contributed by atoms with E-state index in [9.17, 15) is 21.0 Å². The van der Waals surface area contributed by atoms with E-state index in [0.717, 1.165) is 109 Å². The number of hydrogen-bond donors (Lipinski definition) is 0. The van der Waals surface area contributed by atoms with Crippen LogP contribution in [0.25, 0.3) is 27.6 Å². The van der Waals surface area contributed by atoms with Crippen LogP contribution in [-0.4, -0.2) is 41.1 Å². The predicted octanol–water partition coefficient (Wildman–Crippen LogP) is 11.0. The highest BCUT2D eigenvalue weighted by atomic mass is 32.2. The second-order valence-corrected chi connectivity index (χ2v) is 20.4. The molecule has 0 N–H and O–H groups in total. The molecular weight excluding hydrogens is 829 g/mol. The molecule has 14 heteroatoms. The summed E-state index contributed by atoms with van der Waals surface area (Å²) in [7, 11) is 3.28. The standard InChI is InChI=1S/C46H38N6O4S4/c1-53-35-19-29(13-25(21-47)22-48)57-39(35)43-51-41-37(59-43)31-15-27-18-34-32(16-28(27)17-33(31)55-45(41)9-5-3-6-10-45)38-42(46(56-34)11-7-4-8-12-46)52-44(60-38)40-36(54-2)20-30(58-40)14-26(23-49)24-50/h13-20,27-28,37,41H,3-12H2,1-2H3. The van der Waals surface area contributed by atoms with Crippen LogP contribution in [0.1, 0.15) is 89.4 Å². The molecule has 4 atom stereocenters. The number of aliphatic imine (C=N–C) groups is 1. The molecule has 6 heterocycles. The number of fused-ring (bicyclic) bond motifs is 9. The maximum Gasteiger partial charge on any atom is 0.152 e. The van der Waals surface area contributed by atoms with Crippen molar-refractivity contribution >= 4 is 68.5 Å². The summed E-state index contributed by atoms with van der Waals surface area (Å²) in [5.41, 5.74) is 2.40. The first-order valence-corrected chi connectivity index (χ1v) is 23.6. The van der Waals surface area contributed by atoms with Crippen LogP contribution in [-0.2, 0) is 15.1 Å². The first-order chi connectivity index (χ1) is 29.3. The third kappa shape index (κ3) is 6.36. The van der Waals surface area contributed by atoms with Gasteiger partial charge >= 0.3 is 0 Å². The van der Waals surface area contributed by atoms with Crippen molar-refractivity contribution in [3.63, 3.8) is 0 Å². The third-order valence-electron chi connectivity index (χ3n) is 12.6. The second kappa shape index (κ2) is 15.3. The Morgan fingerprint density at radius 3 is 1.97 bits per heavy atom. The Balaban J connectivity index is 1.03. The molecule has 300 valence electrons. The minimum Gasteiger partial charge on any atom is -0.495 e. The molecule has 3 aromatic heterocycles. The second-order valence-electron chi connectivity index (χ2n) is 16.1. The van der Waals surface area contributed by atoms with Crippen LogP contribution in [0.4, 0.5) is 0 Å². The third-order valence-corrected chi connectivity index (χ3v) is 17.4. The van der Waals surface area contributed by atoms with Gasteiger partial charge in [0.25, 0.3) is 0 Å². The average molecular weight is 867 g/mol. The Morgan fingerprint density at radius 2 is 1.32 bits per heavy atom. The molecule has 1 saturated heterocycles. The van der Waals surface area contributed by atoms with Crippen molar-refractivity contribution in [3.05, 3.63) is 89.9 Å². The van der Waals surface area contributed by atoms with Crippen LogP contribution < -0.4 is 9.47 Å². The maximum absolute atomic E-state index is 9.42. The van der Waals surface area contributed by atoms with E-state index >= 15 is 0 Å². The number of thiazole rings is 1. The van der Waals surface area contributed by atoms with E-state index in [1.807, 2.05) is 36.4 Å². The quantitative estimate of drug-likeness (QED) is 0.218. The van der Waals surface area contributed by atoms with Gasteiger partial charge in [-0.2, -0.15) is 21.0 Å². The Morgan fingerprint density at radius 1 is 0.717 bits per heavy atom. The zero-order valence-corrected chi connectivity index (χ0v) is 36.2. The number of rotatable bonds is 6. The molecule has 10 rings (SSSR count). The van der Waals surface area contributed by atoms with Gasteiger partial charge in [-0.3, -0.25) is 4.99 Å². The van der Waals surface area contributed by atoms with E-state index in [0.29, 0.717) is 11.5 Å². The molecular formula is C46H38N6O4S4. The van der Waals surface area contributed by atoms with Crippen molar-refractivity contribution in [2.45, 2.75) is 86.7 Å². The summed E-state index contributed by atoms with van der Waals surface area (Å²) in [6, 6.07) is 11.5. The number of thioether (sulfide) groups is 1. The molecule has 0 radical (unpaired) electrons. The normalized spacial score (nSPS) is 24.7. The molecule has 3 aromatic rings. The fourth-order valence-corrected chi connectivity index (χ4v) is 14.8. The Bertz CT molecular complexity index is 2690. The van der Waals surface area contributed by atoms with Gasteiger partial charge in [0.2, 0.25) is 0 Å². The summed E-state index contributed by atoms with van der Waals surface area (Å²) in [6.45, 7) is 0. The van der Waals surface area contributed by atoms with Crippen molar-refractivity contribution in [2.75, 3.05) is 14.2 Å². The lowest BCUT2D eigenvalue weighted by molar-refractivity contribution is -0.0577. The maximum atomic E-state index is 9.42. The molecule has 4 unspecified atom stereocenters. The van der Waals surface area contributed by atoms with E-state index in [2.05, 4.69) is 24.3 Å². The summed E-state index contributed by atoms with van der Waals surface area (Å²) < 4.78 is 26.1. The SMILES string of the molecule is COc1cc(C=C(C#N)C#N)sc1C1=NC2C(S1)C1=CC3C=C4OC5(CCCCC5)c5nc(-c6sc(C=C(C#N)C#N)cc6OC)sc5C4=CC3C=C1OC21CCCCC1. The van der Waals surface area contributed by atoms with Gasteiger partial charge in [0.05, 0.1) is 24.3 Å². The highest BCUT2D eigenvalue weighted by molar-refractivity contribution is 8.15. The molecule has 2 saturated carbocycles. The van der Waals surface area contributed by atoms with Crippen LogP contribution in [0.15, 0.2) is 69.7 Å². The molecule has 0 aromatic carbocycles. The fourth-order valence-electron chi connectivity index (χ4n) is 9.84. The summed E-state index contributed by atoms with van der Waals surface area (Å²) in [5, 5.41) is 39.5. The largest absolute Gasteiger partial charge is 0.495 e. The number of ether oxygens (including phenoxy) is 4. The van der Waals surface area contributed by atoms with Gasteiger partial charge in [-0.05, 0) is 87.8 Å². The molecule has 60 heavy (non-hydrogen) atoms. The van der Waals surface area contributed by atoms with Crippen molar-refractivity contribution in [2.24, 2.45) is 16.8 Å². The Labute approximate surface area is 364 Å². The average Bonchev–Trinajstić information content (AvgIpc) is 4.10. The van der Waals surface area contributed by atoms with Crippen LogP contribution in [0.3, 0.4) is 0 Å². The lowest BCUT2D eigenvalue weighted by atomic mass is 9.71. The predicted molar refractivity (Wildman–Crippen MR) is 235 cm³/mol. The zero-order chi connectivity index (χ0) is 41.2. The number of allylic oxidation sites excluding steroid dienone is 8. The molecule has 10 nitrogen and oxygen atoms in total. The molecule has 3 aliphatic heterocycles. The minimum atomic E-state index is -0.519. The number of nitriles is 4. The van der Waals surface area contributed by atoms with Crippen molar-refractivity contribution in [1.82, 2.24) is 4.98 Å². The highest BCUT2D eigenvalue weighted by Crippen LogP contribution is 2.59. The van der Waals surface area contributed by atoms with Gasteiger partial charge in [0, 0.05) is 32.7 Å². The lowest BCUT2D eigenvalue weighted by Crippen LogP contribution is -2.53. The van der Waals surface area contributed by atoms with E-state index < -0.39 is 11.2 Å². The van der Waals surface area contributed by atoms with E-state index in [4.69, 9.17) is 28.9 Å². The number of thiophene rings is 2. The van der Waals surface area contributed by atoms with Gasteiger partial charge < -0.3 is 18.9 Å². The van der Waals surface area contributed by atoms with Gasteiger partial charge in [-0.1, -0.05) is 36.8 Å². The monoisotopic (exact) mass is 866 g/mol. The van der Waals surface area contributed by atoms with Crippen LogP contribution in [0.2, 0.25) is 0 Å². The van der Waals surface area contributed by atoms with Gasteiger partial charge in [0.15, 0.2) is 5.60 Å². The lowest BCUT2D eigenvalue weighted by Gasteiger charge is -2.49. The first-order valence-electron chi connectivity index (χ1n) is 20.2. The summed E-state index contributed by atoms with van der Waals surface area (Å²) in [6.07, 6.45) is 23.0. The van der Waals surface area contributed by atoms with E-state index in [1.165, 1.54) is 41.1 Å². The summed E-state index contributed by atoms with van der Waals surface area (Å²) >= 11 is 6.41. The van der Waals surface area contributed by atoms with Crippen molar-refractivity contribution in [3.8, 4) is 45.7 Å². The van der Waals surface area contributed by atoms with Crippen LogP contribution >= 0.6 is 45.8 Å². The molecule has 4 aliphatic carbocycles. The van der Waals surface area contributed by atoms with Gasteiger partial charge in [-0.15, -0.1) is 34.0 Å². The number of aromatic nitrogens is 1. The Hall–Kier alpha value is -5.35. The topological polar surface area (TPSA) is 157 Å².